The summed E-state index contributed by atoms with van der Waals surface area (Å²) in [5, 5.41) is 3.61. The molecule has 1 aliphatic rings. The third-order valence-corrected chi connectivity index (χ3v) is 5.28. The van der Waals surface area contributed by atoms with E-state index in [4.69, 9.17) is 0 Å². The molecule has 1 fully saturated rings. The normalized spacial score (nSPS) is 22.8. The van der Waals surface area contributed by atoms with E-state index in [1.165, 1.54) is 0 Å². The lowest BCUT2D eigenvalue weighted by Crippen LogP contribution is -2.24. The number of hydrogen-bond acceptors (Lipinski definition) is 3. The molecule has 1 aromatic rings. The first-order chi connectivity index (χ1) is 8.28. The molecule has 2 rings (SSSR count). The second-order valence-electron chi connectivity index (χ2n) is 6.65. The first-order valence-electron chi connectivity index (χ1n) is 6.79. The zero-order valence-electron chi connectivity index (χ0n) is 12.4. The van der Waals surface area contributed by atoms with Gasteiger partial charge in [0.1, 0.15) is 0 Å². The SMILES string of the molecule is Cc1nccnc1C(C)NCC1C(C)(C)C1(C)C. The lowest BCUT2D eigenvalue weighted by molar-refractivity contribution is 0.457. The number of hydrogen-bond donors (Lipinski definition) is 1. The molecular formula is C15H25N3. The summed E-state index contributed by atoms with van der Waals surface area (Å²) < 4.78 is 0. The van der Waals surface area contributed by atoms with Gasteiger partial charge < -0.3 is 5.32 Å². The molecule has 0 spiro atoms. The number of aryl methyl sites for hydroxylation is 1. The molecule has 0 bridgehead atoms. The molecule has 1 heterocycles. The average Bonchev–Trinajstić information content (AvgIpc) is 2.67. The molecule has 100 valence electrons. The third-order valence-electron chi connectivity index (χ3n) is 5.28. The zero-order valence-corrected chi connectivity index (χ0v) is 12.4. The van der Waals surface area contributed by atoms with Crippen LogP contribution in [0.15, 0.2) is 12.4 Å². The minimum atomic E-state index is 0.269. The van der Waals surface area contributed by atoms with Crippen LogP contribution in [0, 0.1) is 23.7 Å². The van der Waals surface area contributed by atoms with Crippen LogP contribution >= 0.6 is 0 Å². The fraction of sp³-hybridized carbons (Fsp3) is 0.733. The van der Waals surface area contributed by atoms with E-state index in [9.17, 15) is 0 Å². The number of nitrogens with one attached hydrogen (secondary N) is 1. The van der Waals surface area contributed by atoms with Crippen molar-refractivity contribution in [2.24, 2.45) is 16.7 Å². The zero-order chi connectivity index (χ0) is 13.6. The largest absolute Gasteiger partial charge is 0.308 e. The van der Waals surface area contributed by atoms with Crippen molar-refractivity contribution in [1.82, 2.24) is 15.3 Å². The summed E-state index contributed by atoms with van der Waals surface area (Å²) in [4.78, 5) is 8.72. The molecule has 0 radical (unpaired) electrons. The highest BCUT2D eigenvalue weighted by molar-refractivity contribution is 5.15. The van der Waals surface area contributed by atoms with Gasteiger partial charge in [0.15, 0.2) is 0 Å². The Bertz CT molecular complexity index is 423. The van der Waals surface area contributed by atoms with Gasteiger partial charge in [-0.15, -0.1) is 0 Å². The van der Waals surface area contributed by atoms with Gasteiger partial charge in [0.05, 0.1) is 11.4 Å². The van der Waals surface area contributed by atoms with Crippen LogP contribution in [0.1, 0.15) is 52.0 Å². The van der Waals surface area contributed by atoms with E-state index >= 15 is 0 Å². The topological polar surface area (TPSA) is 37.8 Å². The van der Waals surface area contributed by atoms with Gasteiger partial charge in [-0.2, -0.15) is 0 Å². The summed E-state index contributed by atoms with van der Waals surface area (Å²) in [6.45, 7) is 14.7. The van der Waals surface area contributed by atoms with Crippen molar-refractivity contribution in [2.45, 2.75) is 47.6 Å². The van der Waals surface area contributed by atoms with E-state index in [0.29, 0.717) is 10.8 Å². The van der Waals surface area contributed by atoms with E-state index in [2.05, 4.69) is 49.9 Å². The Morgan fingerprint density at radius 3 is 2.22 bits per heavy atom. The monoisotopic (exact) mass is 247 g/mol. The maximum absolute atomic E-state index is 4.42. The average molecular weight is 247 g/mol. The Balaban J connectivity index is 1.95. The molecule has 1 aromatic heterocycles. The van der Waals surface area contributed by atoms with E-state index in [0.717, 1.165) is 23.9 Å². The highest BCUT2D eigenvalue weighted by atomic mass is 15.0. The van der Waals surface area contributed by atoms with Crippen molar-refractivity contribution in [3.8, 4) is 0 Å². The van der Waals surface area contributed by atoms with Gasteiger partial charge in [0.25, 0.3) is 0 Å². The second-order valence-corrected chi connectivity index (χ2v) is 6.65. The van der Waals surface area contributed by atoms with Crippen molar-refractivity contribution >= 4 is 0 Å². The van der Waals surface area contributed by atoms with Crippen LogP contribution in [0.5, 0.6) is 0 Å². The van der Waals surface area contributed by atoms with Gasteiger partial charge in [-0.1, -0.05) is 27.7 Å². The number of nitrogens with zero attached hydrogens (tertiary/aromatic N) is 2. The van der Waals surface area contributed by atoms with Crippen LogP contribution in [0.25, 0.3) is 0 Å². The molecule has 18 heavy (non-hydrogen) atoms. The fourth-order valence-electron chi connectivity index (χ4n) is 3.08. The first kappa shape index (κ1) is 13.5. The van der Waals surface area contributed by atoms with Gasteiger partial charge in [0, 0.05) is 18.4 Å². The standard InChI is InChI=1S/C15H25N3/c1-10-13(17-8-7-16-10)11(2)18-9-12-14(3,4)15(12,5)6/h7-8,11-12,18H,9H2,1-6H3. The van der Waals surface area contributed by atoms with Gasteiger partial charge in [-0.05, 0) is 37.1 Å². The maximum atomic E-state index is 4.42. The van der Waals surface area contributed by atoms with Crippen LogP contribution < -0.4 is 5.32 Å². The van der Waals surface area contributed by atoms with Crippen LogP contribution in [-0.4, -0.2) is 16.5 Å². The highest BCUT2D eigenvalue weighted by Crippen LogP contribution is 2.68. The lowest BCUT2D eigenvalue weighted by atomic mass is 10.0. The Kier molecular flexibility index (Phi) is 3.22. The van der Waals surface area contributed by atoms with E-state index in [1.807, 2.05) is 6.92 Å². The van der Waals surface area contributed by atoms with Crippen LogP contribution in [0.4, 0.5) is 0 Å². The predicted molar refractivity (Wildman–Crippen MR) is 74.2 cm³/mol. The van der Waals surface area contributed by atoms with Gasteiger partial charge in [-0.25, -0.2) is 0 Å². The molecule has 1 aliphatic carbocycles. The summed E-state index contributed by atoms with van der Waals surface area (Å²) >= 11 is 0. The first-order valence-corrected chi connectivity index (χ1v) is 6.79. The molecule has 1 saturated carbocycles. The molecule has 0 aliphatic heterocycles. The van der Waals surface area contributed by atoms with E-state index in [1.54, 1.807) is 12.4 Å². The second kappa shape index (κ2) is 4.30. The summed E-state index contributed by atoms with van der Waals surface area (Å²) in [5.41, 5.74) is 2.97. The lowest BCUT2D eigenvalue weighted by Gasteiger charge is -2.15. The fourth-order valence-corrected chi connectivity index (χ4v) is 3.08. The summed E-state index contributed by atoms with van der Waals surface area (Å²) in [6.07, 6.45) is 3.52. The van der Waals surface area contributed by atoms with Crippen molar-refractivity contribution in [2.75, 3.05) is 6.54 Å². The number of aromatic nitrogens is 2. The number of rotatable bonds is 4. The van der Waals surface area contributed by atoms with Gasteiger partial charge >= 0.3 is 0 Å². The molecule has 3 heteroatoms. The Hall–Kier alpha value is -0.960. The van der Waals surface area contributed by atoms with Gasteiger partial charge in [-0.3, -0.25) is 9.97 Å². The Morgan fingerprint density at radius 2 is 1.72 bits per heavy atom. The minimum absolute atomic E-state index is 0.269. The molecule has 0 amide bonds. The van der Waals surface area contributed by atoms with Crippen molar-refractivity contribution in [1.29, 1.82) is 0 Å². The summed E-state index contributed by atoms with van der Waals surface area (Å²) in [5.74, 6) is 0.740. The molecular weight excluding hydrogens is 222 g/mol. The Morgan fingerprint density at radius 1 is 1.17 bits per heavy atom. The molecule has 0 saturated heterocycles. The van der Waals surface area contributed by atoms with Crippen molar-refractivity contribution in [3.05, 3.63) is 23.8 Å². The Labute approximate surface area is 110 Å². The van der Waals surface area contributed by atoms with Crippen LogP contribution in [-0.2, 0) is 0 Å². The highest BCUT2D eigenvalue weighted by Gasteiger charge is 2.63. The third kappa shape index (κ3) is 2.05. The smallest absolute Gasteiger partial charge is 0.0782 e. The molecule has 3 nitrogen and oxygen atoms in total. The van der Waals surface area contributed by atoms with Crippen LogP contribution in [0.3, 0.4) is 0 Å². The van der Waals surface area contributed by atoms with Crippen molar-refractivity contribution in [3.63, 3.8) is 0 Å². The van der Waals surface area contributed by atoms with Crippen molar-refractivity contribution < 1.29 is 0 Å². The van der Waals surface area contributed by atoms with Crippen LogP contribution in [0.2, 0.25) is 0 Å². The predicted octanol–water partition coefficient (Wildman–Crippen LogP) is 3.12. The summed E-state index contributed by atoms with van der Waals surface area (Å²) in [7, 11) is 0. The van der Waals surface area contributed by atoms with E-state index < -0.39 is 0 Å². The van der Waals surface area contributed by atoms with Gasteiger partial charge in [0.2, 0.25) is 0 Å². The molecule has 1 unspecified atom stereocenters. The molecule has 1 N–H and O–H groups in total. The molecule has 0 aromatic carbocycles. The quantitative estimate of drug-likeness (QED) is 0.888. The molecule has 1 atom stereocenters. The maximum Gasteiger partial charge on any atom is 0.0782 e. The van der Waals surface area contributed by atoms with E-state index in [-0.39, 0.29) is 6.04 Å². The summed E-state index contributed by atoms with van der Waals surface area (Å²) in [6, 6.07) is 0.269. The minimum Gasteiger partial charge on any atom is -0.308 e.